The number of amides is 1. The Hall–Kier alpha value is -3.04. The van der Waals surface area contributed by atoms with Gasteiger partial charge in [-0.05, 0) is 24.0 Å². The topological polar surface area (TPSA) is 128 Å². The Labute approximate surface area is 168 Å². The largest absolute Gasteiger partial charge is 0.370 e. The summed E-state index contributed by atoms with van der Waals surface area (Å²) in [4.78, 5) is 15.7. The maximum Gasteiger partial charge on any atom is 0.245 e. The van der Waals surface area contributed by atoms with Gasteiger partial charge in [0.25, 0.3) is 0 Å². The predicted octanol–water partition coefficient (Wildman–Crippen LogP) is 2.40. The molecule has 1 aromatic heterocycles. The molecule has 150 valence electrons. The van der Waals surface area contributed by atoms with E-state index in [-0.39, 0.29) is 12.3 Å². The van der Waals surface area contributed by atoms with Crippen LogP contribution >= 0.6 is 0 Å². The Morgan fingerprint density at radius 2 is 1.69 bits per heavy atom. The number of nitrogens with zero attached hydrogens (tertiary/aromatic N) is 2. The Morgan fingerprint density at radius 1 is 1.07 bits per heavy atom. The minimum atomic E-state index is -3.56. The van der Waals surface area contributed by atoms with Gasteiger partial charge in [0.05, 0.1) is 11.7 Å². The first-order valence-corrected chi connectivity index (χ1v) is 10.8. The normalized spacial score (nSPS) is 15.2. The van der Waals surface area contributed by atoms with Crippen molar-refractivity contribution in [2.75, 3.05) is 0 Å². The number of nitrogens with one attached hydrogen (secondary N) is 1. The van der Waals surface area contributed by atoms with Crippen molar-refractivity contribution in [1.82, 2.24) is 14.9 Å². The molecule has 1 atom stereocenters. The number of rotatable bonds is 8. The molecule has 29 heavy (non-hydrogen) atoms. The first-order valence-electron chi connectivity index (χ1n) is 9.21. The average molecular weight is 412 g/mol. The SMILES string of the molecule is NC(=O)C[C@H](NS(=O)(=O)C1CC1)c1nc(-c2ccc(-c3ccccc3)cc2)no1. The summed E-state index contributed by atoms with van der Waals surface area (Å²) in [5.41, 5.74) is 8.11. The van der Waals surface area contributed by atoms with E-state index < -0.39 is 27.2 Å². The van der Waals surface area contributed by atoms with Crippen LogP contribution in [0.15, 0.2) is 59.1 Å². The minimum absolute atomic E-state index is 0.00941. The Kier molecular flexibility index (Phi) is 5.16. The summed E-state index contributed by atoms with van der Waals surface area (Å²) in [5.74, 6) is -0.352. The zero-order chi connectivity index (χ0) is 20.4. The summed E-state index contributed by atoms with van der Waals surface area (Å²) in [6, 6.07) is 16.5. The van der Waals surface area contributed by atoms with Gasteiger partial charge in [0.1, 0.15) is 6.04 Å². The summed E-state index contributed by atoms with van der Waals surface area (Å²) in [7, 11) is -3.56. The van der Waals surface area contributed by atoms with Crippen LogP contribution in [0.25, 0.3) is 22.5 Å². The van der Waals surface area contributed by atoms with Crippen LogP contribution in [-0.2, 0) is 14.8 Å². The van der Waals surface area contributed by atoms with Gasteiger partial charge in [0.15, 0.2) is 0 Å². The van der Waals surface area contributed by atoms with Gasteiger partial charge < -0.3 is 10.3 Å². The number of carbonyl (C=O) groups is 1. The minimum Gasteiger partial charge on any atom is -0.370 e. The number of nitrogens with two attached hydrogens (primary N) is 1. The highest BCUT2D eigenvalue weighted by Gasteiger charge is 2.38. The standard InChI is InChI=1S/C20H20N4O4S/c21-18(25)12-17(24-29(26,27)16-10-11-16)20-22-19(23-28-20)15-8-6-14(7-9-15)13-4-2-1-3-5-13/h1-9,16-17,24H,10-12H2,(H2,21,25)/t17-/m0/s1. The van der Waals surface area contributed by atoms with Gasteiger partial charge in [-0.25, -0.2) is 13.1 Å². The van der Waals surface area contributed by atoms with E-state index in [9.17, 15) is 13.2 Å². The first-order chi connectivity index (χ1) is 13.9. The van der Waals surface area contributed by atoms with Crippen molar-refractivity contribution in [2.45, 2.75) is 30.6 Å². The number of benzene rings is 2. The molecule has 3 N–H and O–H groups in total. The van der Waals surface area contributed by atoms with E-state index in [1.54, 1.807) is 0 Å². The summed E-state index contributed by atoms with van der Waals surface area (Å²) >= 11 is 0. The Balaban J connectivity index is 1.56. The van der Waals surface area contributed by atoms with Crippen LogP contribution in [0, 0.1) is 0 Å². The van der Waals surface area contributed by atoms with Gasteiger partial charge in [-0.1, -0.05) is 59.8 Å². The fraction of sp³-hybridized carbons (Fsp3) is 0.250. The van der Waals surface area contributed by atoms with Crippen molar-refractivity contribution in [1.29, 1.82) is 0 Å². The molecular weight excluding hydrogens is 392 g/mol. The van der Waals surface area contributed by atoms with E-state index in [2.05, 4.69) is 14.9 Å². The van der Waals surface area contributed by atoms with Crippen molar-refractivity contribution in [2.24, 2.45) is 5.73 Å². The van der Waals surface area contributed by atoms with E-state index in [4.69, 9.17) is 10.3 Å². The van der Waals surface area contributed by atoms with Gasteiger partial charge in [-0.15, -0.1) is 0 Å². The van der Waals surface area contributed by atoms with Crippen molar-refractivity contribution in [3.63, 3.8) is 0 Å². The van der Waals surface area contributed by atoms with E-state index in [1.807, 2.05) is 54.6 Å². The lowest BCUT2D eigenvalue weighted by molar-refractivity contribution is -0.118. The summed E-state index contributed by atoms with van der Waals surface area (Å²) in [6.45, 7) is 0. The Bertz CT molecular complexity index is 1110. The first kappa shape index (κ1) is 19.3. The molecule has 1 saturated carbocycles. The van der Waals surface area contributed by atoms with E-state index >= 15 is 0 Å². The van der Waals surface area contributed by atoms with Gasteiger partial charge in [0, 0.05) is 5.56 Å². The Morgan fingerprint density at radius 3 is 2.31 bits per heavy atom. The smallest absolute Gasteiger partial charge is 0.245 e. The monoisotopic (exact) mass is 412 g/mol. The van der Waals surface area contributed by atoms with Gasteiger partial charge in [0.2, 0.25) is 27.6 Å². The molecule has 0 bridgehead atoms. The van der Waals surface area contributed by atoms with Crippen LogP contribution in [0.1, 0.15) is 31.2 Å². The highest BCUT2D eigenvalue weighted by molar-refractivity contribution is 7.90. The zero-order valence-corrected chi connectivity index (χ0v) is 16.3. The molecule has 0 spiro atoms. The summed E-state index contributed by atoms with van der Waals surface area (Å²) < 4.78 is 32.2. The lowest BCUT2D eigenvalue weighted by Gasteiger charge is -2.13. The molecule has 1 aliphatic rings. The molecule has 1 aliphatic carbocycles. The van der Waals surface area contributed by atoms with Gasteiger partial charge in [-0.3, -0.25) is 4.79 Å². The van der Waals surface area contributed by atoms with Crippen LogP contribution in [0.3, 0.4) is 0 Å². The summed E-state index contributed by atoms with van der Waals surface area (Å²) in [5, 5.41) is 3.50. The number of carbonyl (C=O) groups excluding carboxylic acids is 1. The second-order valence-corrected chi connectivity index (χ2v) is 8.98. The maximum absolute atomic E-state index is 12.3. The van der Waals surface area contributed by atoms with Crippen LogP contribution < -0.4 is 10.5 Å². The molecule has 0 radical (unpaired) electrons. The molecule has 1 fully saturated rings. The number of primary amides is 1. The molecule has 4 rings (SSSR count). The third-order valence-corrected chi connectivity index (χ3v) is 6.63. The number of hydrogen-bond acceptors (Lipinski definition) is 6. The molecule has 2 aromatic carbocycles. The quantitative estimate of drug-likeness (QED) is 0.585. The highest BCUT2D eigenvalue weighted by Crippen LogP contribution is 2.30. The molecule has 3 aromatic rings. The molecule has 1 amide bonds. The molecular formula is C20H20N4O4S. The number of aromatic nitrogens is 2. The fourth-order valence-electron chi connectivity index (χ4n) is 2.99. The van der Waals surface area contributed by atoms with Crippen molar-refractivity contribution in [3.8, 4) is 22.5 Å². The van der Waals surface area contributed by atoms with Crippen LogP contribution in [-0.4, -0.2) is 29.7 Å². The van der Waals surface area contributed by atoms with Crippen molar-refractivity contribution < 1.29 is 17.7 Å². The maximum atomic E-state index is 12.3. The number of hydrogen-bond donors (Lipinski definition) is 2. The van der Waals surface area contributed by atoms with Gasteiger partial charge in [-0.2, -0.15) is 4.98 Å². The van der Waals surface area contributed by atoms with Gasteiger partial charge >= 0.3 is 0 Å². The highest BCUT2D eigenvalue weighted by atomic mass is 32.2. The second-order valence-electron chi connectivity index (χ2n) is 6.98. The molecule has 0 saturated heterocycles. The van der Waals surface area contributed by atoms with Crippen LogP contribution in [0.5, 0.6) is 0 Å². The third-order valence-electron chi connectivity index (χ3n) is 4.67. The molecule has 0 unspecified atom stereocenters. The zero-order valence-electron chi connectivity index (χ0n) is 15.5. The van der Waals surface area contributed by atoms with E-state index in [0.29, 0.717) is 24.2 Å². The summed E-state index contributed by atoms with van der Waals surface area (Å²) in [6.07, 6.45) is 0.934. The van der Waals surface area contributed by atoms with Crippen molar-refractivity contribution >= 4 is 15.9 Å². The fourth-order valence-corrected chi connectivity index (χ4v) is 4.52. The average Bonchev–Trinajstić information content (AvgIpc) is 3.46. The lowest BCUT2D eigenvalue weighted by atomic mass is 10.0. The van der Waals surface area contributed by atoms with E-state index in [0.717, 1.165) is 11.1 Å². The van der Waals surface area contributed by atoms with Crippen LogP contribution in [0.2, 0.25) is 0 Å². The number of sulfonamides is 1. The lowest BCUT2D eigenvalue weighted by Crippen LogP contribution is -2.34. The van der Waals surface area contributed by atoms with E-state index in [1.165, 1.54) is 0 Å². The molecule has 1 heterocycles. The molecule has 0 aliphatic heterocycles. The van der Waals surface area contributed by atoms with Crippen LogP contribution in [0.4, 0.5) is 0 Å². The molecule has 8 nitrogen and oxygen atoms in total. The second kappa shape index (κ2) is 7.76. The third kappa shape index (κ3) is 4.52. The molecule has 9 heteroatoms. The van der Waals surface area contributed by atoms with Crippen molar-refractivity contribution in [3.05, 3.63) is 60.5 Å². The predicted molar refractivity (Wildman–Crippen MR) is 107 cm³/mol.